The predicted octanol–water partition coefficient (Wildman–Crippen LogP) is 6.15. The minimum Gasteiger partial charge on any atom is -0.668 e. The van der Waals surface area contributed by atoms with E-state index in [9.17, 15) is 10.2 Å². The van der Waals surface area contributed by atoms with Crippen LogP contribution in [-0.4, -0.2) is 48.4 Å². The van der Waals surface area contributed by atoms with E-state index in [1.54, 1.807) is 64.8 Å². The van der Waals surface area contributed by atoms with E-state index in [-0.39, 0.29) is 33.2 Å². The predicted molar refractivity (Wildman–Crippen MR) is 133 cm³/mol. The monoisotopic (exact) mass is 478 g/mol. The van der Waals surface area contributed by atoms with E-state index in [2.05, 4.69) is 20.6 Å². The Bertz CT molecular complexity index is 920. The van der Waals surface area contributed by atoms with Crippen molar-refractivity contribution in [3.63, 3.8) is 0 Å². The van der Waals surface area contributed by atoms with Crippen LogP contribution in [0.2, 0.25) is 0 Å². The van der Waals surface area contributed by atoms with Crippen molar-refractivity contribution < 1.29 is 31.9 Å². The van der Waals surface area contributed by atoms with Crippen LogP contribution >= 0.6 is 0 Å². The third-order valence-electron chi connectivity index (χ3n) is 3.69. The minimum absolute atomic E-state index is 0. The van der Waals surface area contributed by atoms with Gasteiger partial charge in [-0.15, -0.1) is 0 Å². The molecule has 2 N–H and O–H groups in total. The molecule has 6 nitrogen and oxygen atoms in total. The number of hydrogen-bond donors (Lipinski definition) is 2. The minimum atomic E-state index is 0. The third-order valence-corrected chi connectivity index (χ3v) is 3.69. The van der Waals surface area contributed by atoms with E-state index in [4.69, 9.17) is 0 Å². The van der Waals surface area contributed by atoms with E-state index >= 15 is 0 Å². The largest absolute Gasteiger partial charge is 2.00 e. The van der Waals surface area contributed by atoms with Crippen molar-refractivity contribution in [1.29, 1.82) is 0 Å². The van der Waals surface area contributed by atoms with Crippen LogP contribution in [0.3, 0.4) is 0 Å². The summed E-state index contributed by atoms with van der Waals surface area (Å²) in [6.45, 7) is 0. The quantitative estimate of drug-likeness (QED) is 0.338. The first-order chi connectivity index (χ1) is 15.6. The molecular weight excluding hydrogens is 448 g/mol. The molecule has 0 fully saturated rings. The molecule has 0 bridgehead atoms. The Morgan fingerprint density at radius 3 is 1.09 bits per heavy atom. The van der Waals surface area contributed by atoms with Gasteiger partial charge in [-0.25, -0.2) is 0 Å². The first kappa shape index (κ1) is 30.0. The summed E-state index contributed by atoms with van der Waals surface area (Å²) in [6, 6.07) is 25.6. The molecular formula is C26H30N4O2Ti. The molecule has 0 aliphatic rings. The number of aromatic nitrogens is 2. The number of nitrogens with zero attached hydrogens (tertiary/aromatic N) is 4. The average molecular weight is 478 g/mol. The van der Waals surface area contributed by atoms with Crippen molar-refractivity contribution in [2.45, 2.75) is 0 Å². The van der Waals surface area contributed by atoms with Gasteiger partial charge < -0.3 is 20.8 Å². The van der Waals surface area contributed by atoms with E-state index in [1.165, 1.54) is 0 Å². The SMILES string of the molecule is C[N-]C.C[N-]C.Oc1ccccc1-c1ccccn1.Oc1ccccc1-c1ccccn1.[Ti+2]. The summed E-state index contributed by atoms with van der Waals surface area (Å²) in [4.78, 5) is 8.30. The van der Waals surface area contributed by atoms with Gasteiger partial charge in [0.1, 0.15) is 11.5 Å². The van der Waals surface area contributed by atoms with E-state index in [0.29, 0.717) is 0 Å². The van der Waals surface area contributed by atoms with Crippen LogP contribution in [0.4, 0.5) is 0 Å². The molecule has 0 amide bonds. The van der Waals surface area contributed by atoms with Crippen LogP contribution in [0.25, 0.3) is 33.1 Å². The molecule has 2 aromatic heterocycles. The zero-order valence-electron chi connectivity index (χ0n) is 19.4. The molecule has 0 atom stereocenters. The van der Waals surface area contributed by atoms with Crippen LogP contribution in [0, 0.1) is 0 Å². The number of phenols is 2. The number of para-hydroxylation sites is 2. The van der Waals surface area contributed by atoms with E-state index in [1.807, 2.05) is 60.7 Å². The maximum atomic E-state index is 9.52. The smallest absolute Gasteiger partial charge is 0.668 e. The molecule has 2 aromatic carbocycles. The maximum absolute atomic E-state index is 9.52. The van der Waals surface area contributed by atoms with E-state index < -0.39 is 0 Å². The first-order valence-electron chi connectivity index (χ1n) is 9.93. The molecule has 4 aromatic rings. The molecule has 7 heteroatoms. The molecule has 170 valence electrons. The summed E-state index contributed by atoms with van der Waals surface area (Å²) in [7, 11) is 7.00. The molecule has 0 unspecified atom stereocenters. The van der Waals surface area contributed by atoms with Crippen LogP contribution in [-0.2, 0) is 21.7 Å². The van der Waals surface area contributed by atoms with Gasteiger partial charge in [0.2, 0.25) is 0 Å². The Hall–Kier alpha value is -3.03. The molecule has 4 rings (SSSR count). The summed E-state index contributed by atoms with van der Waals surface area (Å²) in [6.07, 6.45) is 3.42. The number of hydrogen-bond acceptors (Lipinski definition) is 4. The van der Waals surface area contributed by atoms with Crippen molar-refractivity contribution in [2.75, 3.05) is 28.2 Å². The summed E-state index contributed by atoms with van der Waals surface area (Å²) in [5.41, 5.74) is 3.12. The number of aromatic hydroxyl groups is 2. The third kappa shape index (κ3) is 11.4. The van der Waals surface area contributed by atoms with Gasteiger partial charge in [0.15, 0.2) is 0 Å². The molecule has 0 aliphatic carbocycles. The number of pyridine rings is 2. The van der Waals surface area contributed by atoms with Crippen molar-refractivity contribution >= 4 is 0 Å². The van der Waals surface area contributed by atoms with Gasteiger partial charge >= 0.3 is 21.7 Å². The normalized spacial score (nSPS) is 8.85. The Labute approximate surface area is 211 Å². The average Bonchev–Trinajstić information content (AvgIpc) is 2.82. The number of rotatable bonds is 2. The standard InChI is InChI=1S/2C11H9NO.2C2H6N.Ti/c2*13-11-7-2-1-5-9(11)10-6-3-4-8-12-10;2*1-3-2;/h2*1-8,13H;2*1-2H3;/q;;2*-1;+2. The van der Waals surface area contributed by atoms with Crippen molar-refractivity contribution in [3.05, 3.63) is 108 Å². The van der Waals surface area contributed by atoms with Crippen LogP contribution in [0.5, 0.6) is 11.5 Å². The Morgan fingerprint density at radius 1 is 0.515 bits per heavy atom. The van der Waals surface area contributed by atoms with Crippen LogP contribution < -0.4 is 0 Å². The number of benzene rings is 2. The van der Waals surface area contributed by atoms with Crippen molar-refractivity contribution in [3.8, 4) is 34.0 Å². The van der Waals surface area contributed by atoms with Crippen LogP contribution in [0.1, 0.15) is 0 Å². The first-order valence-corrected chi connectivity index (χ1v) is 9.93. The summed E-state index contributed by atoms with van der Waals surface area (Å²) in [5.74, 6) is 0.530. The van der Waals surface area contributed by atoms with Crippen molar-refractivity contribution in [1.82, 2.24) is 9.97 Å². The van der Waals surface area contributed by atoms with Crippen molar-refractivity contribution in [2.24, 2.45) is 0 Å². The Kier molecular flexibility index (Phi) is 16.8. The summed E-state index contributed by atoms with van der Waals surface area (Å²) in [5, 5.41) is 26.0. The zero-order chi connectivity index (χ0) is 23.6. The molecule has 0 aliphatic heterocycles. The molecule has 0 radical (unpaired) electrons. The fourth-order valence-corrected chi connectivity index (χ4v) is 2.42. The second-order valence-corrected chi connectivity index (χ2v) is 6.36. The summed E-state index contributed by atoms with van der Waals surface area (Å²) >= 11 is 0. The van der Waals surface area contributed by atoms with Gasteiger partial charge in [0.25, 0.3) is 0 Å². The second kappa shape index (κ2) is 18.5. The van der Waals surface area contributed by atoms with Gasteiger partial charge in [0, 0.05) is 23.5 Å². The molecule has 0 saturated heterocycles. The molecule has 0 spiro atoms. The molecule has 2 heterocycles. The topological polar surface area (TPSA) is 94.4 Å². The van der Waals surface area contributed by atoms with Gasteiger partial charge in [0.05, 0.1) is 11.4 Å². The Balaban J connectivity index is 0.000000491. The zero-order valence-corrected chi connectivity index (χ0v) is 21.0. The fraction of sp³-hybridized carbons (Fsp3) is 0.154. The Morgan fingerprint density at radius 2 is 0.818 bits per heavy atom. The second-order valence-electron chi connectivity index (χ2n) is 6.36. The molecule has 33 heavy (non-hydrogen) atoms. The number of phenolic OH excluding ortho intramolecular Hbond substituents is 2. The van der Waals surface area contributed by atoms with Gasteiger partial charge in [-0.05, 0) is 48.5 Å². The van der Waals surface area contributed by atoms with Gasteiger partial charge in [-0.2, -0.15) is 28.2 Å². The molecule has 0 saturated carbocycles. The van der Waals surface area contributed by atoms with Crippen LogP contribution in [0.15, 0.2) is 97.3 Å². The van der Waals surface area contributed by atoms with E-state index in [0.717, 1.165) is 22.5 Å². The van der Waals surface area contributed by atoms with Gasteiger partial charge in [-0.1, -0.05) is 36.4 Å². The summed E-state index contributed by atoms with van der Waals surface area (Å²) < 4.78 is 0. The maximum Gasteiger partial charge on any atom is 2.00 e. The van der Waals surface area contributed by atoms with Gasteiger partial charge in [-0.3, -0.25) is 9.97 Å². The fourth-order valence-electron chi connectivity index (χ4n) is 2.42.